The van der Waals surface area contributed by atoms with E-state index in [9.17, 15) is 24.6 Å². The van der Waals surface area contributed by atoms with Crippen LogP contribution in [0.25, 0.3) is 22.0 Å². The predicted molar refractivity (Wildman–Crippen MR) is 145 cm³/mol. The van der Waals surface area contributed by atoms with Gasteiger partial charge >= 0.3 is 17.9 Å². The van der Waals surface area contributed by atoms with Gasteiger partial charge in [0.1, 0.15) is 23.9 Å². The van der Waals surface area contributed by atoms with Crippen LogP contribution in [0.3, 0.4) is 0 Å². The van der Waals surface area contributed by atoms with Gasteiger partial charge in [-0.2, -0.15) is 0 Å². The van der Waals surface area contributed by atoms with Gasteiger partial charge in [0.2, 0.25) is 0 Å². The van der Waals surface area contributed by atoms with Crippen LogP contribution in [-0.4, -0.2) is 55.4 Å². The largest absolute Gasteiger partial charge is 0.504 e. The van der Waals surface area contributed by atoms with E-state index in [-0.39, 0.29) is 35.5 Å². The third kappa shape index (κ3) is 6.04. The van der Waals surface area contributed by atoms with Gasteiger partial charge in [0.25, 0.3) is 0 Å². The second-order valence-electron chi connectivity index (χ2n) is 9.35. The lowest BCUT2D eigenvalue weighted by atomic mass is 9.96. The van der Waals surface area contributed by atoms with E-state index in [0.717, 1.165) is 5.39 Å². The molecule has 0 saturated heterocycles. The van der Waals surface area contributed by atoms with Crippen molar-refractivity contribution < 1.29 is 39.5 Å². The minimum atomic E-state index is -1.40. The Morgan fingerprint density at radius 1 is 0.825 bits per heavy atom. The molecular weight excluding hydrogens is 520 g/mol. The second kappa shape index (κ2) is 11.5. The molecule has 11 N–H and O–H groups in total. The van der Waals surface area contributed by atoms with Crippen molar-refractivity contribution in [3.05, 3.63) is 77.5 Å². The highest BCUT2D eigenvalue weighted by atomic mass is 16.5. The van der Waals surface area contributed by atoms with Gasteiger partial charge in [0.05, 0.1) is 0 Å². The number of carboxylic acid groups (broad SMARTS) is 3. The molecule has 0 aliphatic heterocycles. The predicted octanol–water partition coefficient (Wildman–Crippen LogP) is 2.33. The number of carbonyl (C=O) groups is 3. The minimum absolute atomic E-state index is 0.0427. The third-order valence-electron chi connectivity index (χ3n) is 6.48. The Morgan fingerprint density at radius 3 is 2.10 bits per heavy atom. The number of hydrogen-bond acceptors (Lipinski definition) is 8. The Kier molecular flexibility index (Phi) is 8.05. The first kappa shape index (κ1) is 28.1. The number of benzene rings is 3. The monoisotopic (exact) mass is 548 g/mol. The molecule has 0 radical (unpaired) electrons. The summed E-state index contributed by atoms with van der Waals surface area (Å²) in [5.41, 5.74) is 20.1. The molecule has 0 aliphatic carbocycles. The molecular formula is C28H28N4O8. The molecule has 0 aliphatic rings. The molecule has 12 heteroatoms. The lowest BCUT2D eigenvalue weighted by molar-refractivity contribution is -0.139. The van der Waals surface area contributed by atoms with Crippen molar-refractivity contribution in [3.8, 4) is 28.4 Å². The van der Waals surface area contributed by atoms with Crippen molar-refractivity contribution in [2.45, 2.75) is 31.0 Å². The standard InChI is InChI=1S/C28H28N4O8/c29-20(26(34)35)7-13-1-4-17(5-2-13)40-23-11-15(24(31)28(38)39)8-19(25(23)33)14-3-6-18-16(9-21(30)27(36)37)12-32-22(18)10-14/h1-6,8,10-12,20-21,24,32-33H,7,9,29-31H2,(H,34,35)(H,36,37)(H,38,39)/t20-,21?,24?/m1/s1. The molecule has 4 aromatic rings. The van der Waals surface area contributed by atoms with E-state index in [1.807, 2.05) is 0 Å². The fourth-order valence-electron chi connectivity index (χ4n) is 4.26. The number of aromatic hydroxyl groups is 1. The number of phenolic OH excluding ortho intramolecular Hbond substituents is 1. The molecule has 0 saturated carbocycles. The highest BCUT2D eigenvalue weighted by Crippen LogP contribution is 2.42. The van der Waals surface area contributed by atoms with Crippen molar-refractivity contribution in [2.24, 2.45) is 17.2 Å². The number of aliphatic carboxylic acids is 3. The van der Waals surface area contributed by atoms with Crippen molar-refractivity contribution in [3.63, 3.8) is 0 Å². The Bertz CT molecular complexity index is 1580. The summed E-state index contributed by atoms with van der Waals surface area (Å²) >= 11 is 0. The Labute approximate surface area is 227 Å². The maximum Gasteiger partial charge on any atom is 0.325 e. The molecule has 0 amide bonds. The van der Waals surface area contributed by atoms with Crippen LogP contribution in [0.2, 0.25) is 0 Å². The van der Waals surface area contributed by atoms with Crippen LogP contribution in [0.4, 0.5) is 0 Å². The van der Waals surface area contributed by atoms with E-state index in [1.165, 1.54) is 12.1 Å². The topological polar surface area (TPSA) is 235 Å². The van der Waals surface area contributed by atoms with Gasteiger partial charge in [0, 0.05) is 29.1 Å². The van der Waals surface area contributed by atoms with Crippen LogP contribution in [0.5, 0.6) is 17.2 Å². The lowest BCUT2D eigenvalue weighted by Crippen LogP contribution is -2.32. The van der Waals surface area contributed by atoms with E-state index in [4.69, 9.17) is 32.2 Å². The molecule has 12 nitrogen and oxygen atoms in total. The number of hydrogen-bond donors (Lipinski definition) is 8. The number of ether oxygens (including phenoxy) is 1. The molecule has 0 bridgehead atoms. The molecule has 1 aromatic heterocycles. The fraction of sp³-hybridized carbons (Fsp3) is 0.179. The molecule has 1 heterocycles. The summed E-state index contributed by atoms with van der Waals surface area (Å²) in [5, 5.41) is 39.5. The van der Waals surface area contributed by atoms with Crippen molar-refractivity contribution in [2.75, 3.05) is 0 Å². The minimum Gasteiger partial charge on any atom is -0.504 e. The number of nitrogens with one attached hydrogen (secondary N) is 1. The quantitative estimate of drug-likeness (QED) is 0.135. The SMILES string of the molecule is NC(Cc1c[nH]c2cc(-c3cc(C(N)C(=O)O)cc(Oc4ccc(C[C@@H](N)C(=O)O)cc4)c3O)ccc12)C(=O)O. The molecule has 0 fully saturated rings. The lowest BCUT2D eigenvalue weighted by Gasteiger charge is -2.16. The Hall–Kier alpha value is -4.91. The highest BCUT2D eigenvalue weighted by Gasteiger charge is 2.22. The van der Waals surface area contributed by atoms with Crippen LogP contribution in [0, 0.1) is 0 Å². The molecule has 3 atom stereocenters. The average molecular weight is 549 g/mol. The second-order valence-corrected chi connectivity index (χ2v) is 9.35. The zero-order chi connectivity index (χ0) is 29.1. The molecule has 208 valence electrons. The number of fused-ring (bicyclic) bond motifs is 1. The van der Waals surface area contributed by atoms with Gasteiger partial charge in [-0.3, -0.25) is 14.4 Å². The highest BCUT2D eigenvalue weighted by molar-refractivity contribution is 5.90. The van der Waals surface area contributed by atoms with Gasteiger partial charge in [-0.1, -0.05) is 24.3 Å². The van der Waals surface area contributed by atoms with Gasteiger partial charge in [0.15, 0.2) is 11.5 Å². The van der Waals surface area contributed by atoms with E-state index >= 15 is 0 Å². The zero-order valence-electron chi connectivity index (χ0n) is 21.1. The van der Waals surface area contributed by atoms with Gasteiger partial charge in [-0.15, -0.1) is 0 Å². The van der Waals surface area contributed by atoms with E-state index in [1.54, 1.807) is 48.7 Å². The smallest absolute Gasteiger partial charge is 0.325 e. The Morgan fingerprint density at radius 2 is 1.48 bits per heavy atom. The summed E-state index contributed by atoms with van der Waals surface area (Å²) in [4.78, 5) is 36.9. The number of rotatable bonds is 11. The number of aromatic amines is 1. The fourth-order valence-corrected chi connectivity index (χ4v) is 4.26. The van der Waals surface area contributed by atoms with Crippen molar-refractivity contribution in [1.82, 2.24) is 4.98 Å². The first-order valence-corrected chi connectivity index (χ1v) is 12.1. The van der Waals surface area contributed by atoms with Crippen LogP contribution >= 0.6 is 0 Å². The van der Waals surface area contributed by atoms with Gasteiger partial charge in [-0.25, -0.2) is 0 Å². The maximum atomic E-state index is 11.7. The average Bonchev–Trinajstić information content (AvgIpc) is 3.31. The number of phenols is 1. The zero-order valence-corrected chi connectivity index (χ0v) is 21.1. The van der Waals surface area contributed by atoms with Crippen molar-refractivity contribution in [1.29, 1.82) is 0 Å². The number of nitrogens with two attached hydrogens (primary N) is 3. The number of aromatic nitrogens is 1. The summed E-state index contributed by atoms with van der Waals surface area (Å²) in [7, 11) is 0. The normalized spacial score (nSPS) is 13.5. The molecule has 0 spiro atoms. The van der Waals surface area contributed by atoms with E-state index < -0.39 is 36.0 Å². The Balaban J connectivity index is 1.70. The number of H-pyrrole nitrogens is 1. The maximum absolute atomic E-state index is 11.7. The molecule has 4 rings (SSSR count). The van der Waals surface area contributed by atoms with E-state index in [2.05, 4.69) is 4.98 Å². The summed E-state index contributed by atoms with van der Waals surface area (Å²) in [6.45, 7) is 0. The third-order valence-corrected chi connectivity index (χ3v) is 6.48. The first-order valence-electron chi connectivity index (χ1n) is 12.1. The van der Waals surface area contributed by atoms with Crippen molar-refractivity contribution >= 4 is 28.8 Å². The molecule has 40 heavy (non-hydrogen) atoms. The molecule has 3 aromatic carbocycles. The van der Waals surface area contributed by atoms with Gasteiger partial charge in [-0.05, 0) is 59.0 Å². The van der Waals surface area contributed by atoms with Crippen LogP contribution in [0.1, 0.15) is 22.7 Å². The first-order chi connectivity index (χ1) is 18.9. The summed E-state index contributed by atoms with van der Waals surface area (Å²) in [6.07, 6.45) is 1.89. The van der Waals surface area contributed by atoms with Gasteiger partial charge < -0.3 is 47.3 Å². The molecule has 2 unspecified atom stereocenters. The summed E-state index contributed by atoms with van der Waals surface area (Å²) in [6, 6.07) is 10.8. The van der Waals surface area contributed by atoms with E-state index in [0.29, 0.717) is 28.0 Å². The number of carboxylic acids is 3. The van der Waals surface area contributed by atoms with Crippen LogP contribution in [-0.2, 0) is 27.2 Å². The van der Waals surface area contributed by atoms with Crippen LogP contribution in [0.15, 0.2) is 60.8 Å². The van der Waals surface area contributed by atoms with Crippen LogP contribution < -0.4 is 21.9 Å². The summed E-state index contributed by atoms with van der Waals surface area (Å²) in [5.74, 6) is -3.53. The summed E-state index contributed by atoms with van der Waals surface area (Å²) < 4.78 is 5.88.